The van der Waals surface area contributed by atoms with E-state index in [2.05, 4.69) is 10.3 Å². The van der Waals surface area contributed by atoms with E-state index >= 15 is 0 Å². The molecule has 9 heteroatoms. The summed E-state index contributed by atoms with van der Waals surface area (Å²) in [7, 11) is -2.21. The number of H-pyrrole nitrogens is 1. The third-order valence-corrected chi connectivity index (χ3v) is 7.28. The minimum Gasteiger partial charge on any atom is -0.495 e. The quantitative estimate of drug-likeness (QED) is 0.680. The number of aromatic nitrogens is 1. The first-order valence-electron chi connectivity index (χ1n) is 9.86. The first-order valence-corrected chi connectivity index (χ1v) is 11.3. The van der Waals surface area contributed by atoms with E-state index in [1.165, 1.54) is 36.5 Å². The third-order valence-electron chi connectivity index (χ3n) is 5.39. The first kappa shape index (κ1) is 22.0. The Morgan fingerprint density at radius 2 is 1.80 bits per heavy atom. The first-order chi connectivity index (χ1) is 14.2. The van der Waals surface area contributed by atoms with E-state index in [4.69, 9.17) is 4.74 Å². The van der Waals surface area contributed by atoms with Crippen LogP contribution < -0.4 is 10.1 Å². The number of hydrogen-bond acceptors (Lipinski definition) is 5. The Kier molecular flexibility index (Phi) is 6.33. The number of ether oxygens (including phenoxy) is 1. The second-order valence-electron chi connectivity index (χ2n) is 7.46. The van der Waals surface area contributed by atoms with Crippen molar-refractivity contribution < 1.29 is 22.7 Å². The molecular formula is C21H27N3O5S. The fraction of sp³-hybridized carbons (Fsp3) is 0.429. The Bertz CT molecular complexity index is 1080. The molecule has 0 spiro atoms. The molecule has 3 rings (SSSR count). The maximum absolute atomic E-state index is 13.0. The van der Waals surface area contributed by atoms with Crippen LogP contribution in [0.5, 0.6) is 5.75 Å². The summed E-state index contributed by atoms with van der Waals surface area (Å²) in [6.07, 6.45) is 2.69. The van der Waals surface area contributed by atoms with E-state index in [1.54, 1.807) is 13.8 Å². The number of aryl methyl sites for hydroxylation is 1. The van der Waals surface area contributed by atoms with Crippen molar-refractivity contribution in [3.05, 3.63) is 40.7 Å². The molecule has 0 radical (unpaired) electrons. The van der Waals surface area contributed by atoms with Crippen molar-refractivity contribution >= 4 is 27.4 Å². The molecule has 0 saturated carbocycles. The molecule has 0 atom stereocenters. The number of piperidine rings is 1. The number of aromatic amines is 1. The second kappa shape index (κ2) is 8.61. The summed E-state index contributed by atoms with van der Waals surface area (Å²) in [6.45, 7) is 5.86. The van der Waals surface area contributed by atoms with Gasteiger partial charge in [-0.3, -0.25) is 9.59 Å². The van der Waals surface area contributed by atoms with Gasteiger partial charge in [-0.1, -0.05) is 6.42 Å². The van der Waals surface area contributed by atoms with Crippen LogP contribution in [0, 0.1) is 13.8 Å². The predicted octanol–water partition coefficient (Wildman–Crippen LogP) is 3.27. The lowest BCUT2D eigenvalue weighted by molar-refractivity contribution is 0.101. The van der Waals surface area contributed by atoms with Crippen LogP contribution in [0.1, 0.15) is 58.3 Å². The fourth-order valence-corrected chi connectivity index (χ4v) is 5.43. The molecule has 1 amide bonds. The van der Waals surface area contributed by atoms with Crippen LogP contribution in [-0.2, 0) is 10.0 Å². The molecule has 1 saturated heterocycles. The van der Waals surface area contributed by atoms with E-state index in [0.29, 0.717) is 35.7 Å². The van der Waals surface area contributed by atoms with Crippen molar-refractivity contribution in [1.82, 2.24) is 9.29 Å². The number of amides is 1. The topological polar surface area (TPSA) is 109 Å². The minimum atomic E-state index is -3.66. The van der Waals surface area contributed by atoms with E-state index in [1.807, 2.05) is 0 Å². The summed E-state index contributed by atoms with van der Waals surface area (Å²) < 4.78 is 32.8. The van der Waals surface area contributed by atoms with E-state index in [9.17, 15) is 18.0 Å². The average Bonchev–Trinajstić information content (AvgIpc) is 3.02. The number of ketones is 1. The van der Waals surface area contributed by atoms with Crippen molar-refractivity contribution in [3.8, 4) is 5.75 Å². The summed E-state index contributed by atoms with van der Waals surface area (Å²) in [4.78, 5) is 27.8. The molecule has 2 N–H and O–H groups in total. The summed E-state index contributed by atoms with van der Waals surface area (Å²) >= 11 is 0. The molecular weight excluding hydrogens is 406 g/mol. The van der Waals surface area contributed by atoms with Crippen molar-refractivity contribution in [2.24, 2.45) is 0 Å². The highest BCUT2D eigenvalue weighted by Crippen LogP contribution is 2.31. The van der Waals surface area contributed by atoms with E-state index in [0.717, 1.165) is 19.3 Å². The van der Waals surface area contributed by atoms with Crippen molar-refractivity contribution in [1.29, 1.82) is 0 Å². The highest BCUT2D eigenvalue weighted by atomic mass is 32.2. The lowest BCUT2D eigenvalue weighted by Gasteiger charge is -2.26. The largest absolute Gasteiger partial charge is 0.495 e. The summed E-state index contributed by atoms with van der Waals surface area (Å²) in [5.41, 5.74) is 2.14. The molecule has 1 aliphatic rings. The van der Waals surface area contributed by atoms with E-state index in [-0.39, 0.29) is 22.1 Å². The number of carbonyl (C=O) groups excluding carboxylic acids is 2. The van der Waals surface area contributed by atoms with Gasteiger partial charge in [-0.15, -0.1) is 0 Å². The Morgan fingerprint density at radius 3 is 2.37 bits per heavy atom. The van der Waals surface area contributed by atoms with Gasteiger partial charge in [-0.05, 0) is 57.4 Å². The van der Waals surface area contributed by atoms with Gasteiger partial charge in [-0.25, -0.2) is 8.42 Å². The van der Waals surface area contributed by atoms with Crippen LogP contribution >= 0.6 is 0 Å². The molecule has 162 valence electrons. The van der Waals surface area contributed by atoms with Gasteiger partial charge >= 0.3 is 0 Å². The number of Topliss-reactive ketones (excluding diaryl/α,β-unsaturated/α-hetero) is 1. The van der Waals surface area contributed by atoms with Gasteiger partial charge in [0, 0.05) is 24.3 Å². The zero-order valence-corrected chi connectivity index (χ0v) is 18.5. The predicted molar refractivity (Wildman–Crippen MR) is 114 cm³/mol. The molecule has 0 unspecified atom stereocenters. The number of sulfonamides is 1. The lowest BCUT2D eigenvalue weighted by Crippen LogP contribution is -2.35. The maximum Gasteiger partial charge on any atom is 0.272 e. The molecule has 0 bridgehead atoms. The number of methoxy groups -OCH3 is 1. The molecule has 0 aliphatic carbocycles. The number of nitrogens with zero attached hydrogens (tertiary/aromatic N) is 1. The maximum atomic E-state index is 13.0. The monoisotopic (exact) mass is 433 g/mol. The number of carbonyl (C=O) groups is 2. The standard InChI is InChI=1S/C21H27N3O5S/c1-13-19(15(3)25)14(2)22-20(13)21(26)23-17-12-16(8-9-18(17)29-4)30(27,28)24-10-6-5-7-11-24/h8-9,12,22H,5-7,10-11H2,1-4H3,(H,23,26). The smallest absolute Gasteiger partial charge is 0.272 e. The molecule has 2 heterocycles. The number of benzene rings is 1. The summed E-state index contributed by atoms with van der Waals surface area (Å²) in [5, 5.41) is 2.72. The fourth-order valence-electron chi connectivity index (χ4n) is 3.89. The Labute approximate surface area is 176 Å². The third kappa shape index (κ3) is 4.13. The normalized spacial score (nSPS) is 15.1. The van der Waals surface area contributed by atoms with Gasteiger partial charge in [0.25, 0.3) is 5.91 Å². The van der Waals surface area contributed by atoms with Crippen LogP contribution in [0.2, 0.25) is 0 Å². The van der Waals surface area contributed by atoms with Gasteiger partial charge in [0.2, 0.25) is 10.0 Å². The van der Waals surface area contributed by atoms with Gasteiger partial charge in [0.1, 0.15) is 11.4 Å². The number of hydrogen-bond donors (Lipinski definition) is 2. The van der Waals surface area contributed by atoms with Crippen molar-refractivity contribution in [2.75, 3.05) is 25.5 Å². The molecule has 1 aromatic carbocycles. The van der Waals surface area contributed by atoms with Crippen molar-refractivity contribution in [3.63, 3.8) is 0 Å². The Morgan fingerprint density at radius 1 is 1.13 bits per heavy atom. The number of nitrogens with one attached hydrogen (secondary N) is 2. The van der Waals surface area contributed by atoms with Crippen LogP contribution in [-0.4, -0.2) is 49.6 Å². The molecule has 30 heavy (non-hydrogen) atoms. The van der Waals surface area contributed by atoms with Crippen LogP contribution in [0.25, 0.3) is 0 Å². The minimum absolute atomic E-state index is 0.101. The summed E-state index contributed by atoms with van der Waals surface area (Å²) in [6, 6.07) is 4.42. The zero-order chi connectivity index (χ0) is 22.1. The van der Waals surface area contributed by atoms with Crippen molar-refractivity contribution in [2.45, 2.75) is 44.9 Å². The molecule has 1 fully saturated rings. The second-order valence-corrected chi connectivity index (χ2v) is 9.40. The van der Waals surface area contributed by atoms with Gasteiger partial charge in [-0.2, -0.15) is 4.31 Å². The average molecular weight is 434 g/mol. The molecule has 2 aromatic rings. The van der Waals surface area contributed by atoms with Crippen LogP contribution in [0.4, 0.5) is 5.69 Å². The Hall–Kier alpha value is -2.65. The number of anilines is 1. The van der Waals surface area contributed by atoms with Crippen LogP contribution in [0.15, 0.2) is 23.1 Å². The highest BCUT2D eigenvalue weighted by Gasteiger charge is 2.27. The summed E-state index contributed by atoms with van der Waals surface area (Å²) in [5.74, 6) is -0.268. The molecule has 1 aliphatic heterocycles. The van der Waals surface area contributed by atoms with Crippen LogP contribution in [0.3, 0.4) is 0 Å². The lowest BCUT2D eigenvalue weighted by atomic mass is 10.1. The highest BCUT2D eigenvalue weighted by molar-refractivity contribution is 7.89. The Balaban J connectivity index is 1.94. The van der Waals surface area contributed by atoms with Gasteiger partial charge in [0.15, 0.2) is 5.78 Å². The number of rotatable bonds is 6. The van der Waals surface area contributed by atoms with E-state index < -0.39 is 15.9 Å². The van der Waals surface area contributed by atoms with Gasteiger partial charge < -0.3 is 15.0 Å². The van der Waals surface area contributed by atoms with Gasteiger partial charge in [0.05, 0.1) is 17.7 Å². The molecule has 1 aromatic heterocycles. The molecule has 8 nitrogen and oxygen atoms in total. The zero-order valence-electron chi connectivity index (χ0n) is 17.7. The SMILES string of the molecule is COc1ccc(S(=O)(=O)N2CCCCC2)cc1NC(=O)c1[nH]c(C)c(C(C)=O)c1C.